The molecule has 2 aromatic rings. The molecule has 0 saturated heterocycles. The minimum absolute atomic E-state index is 0.285. The molecule has 0 spiro atoms. The molecule has 0 amide bonds. The van der Waals surface area contributed by atoms with Crippen LogP contribution >= 0.6 is 11.3 Å². The number of aryl methyl sites for hydroxylation is 1. The summed E-state index contributed by atoms with van der Waals surface area (Å²) in [7, 11) is 0. The van der Waals surface area contributed by atoms with E-state index >= 15 is 0 Å². The van der Waals surface area contributed by atoms with E-state index in [1.54, 1.807) is 10.6 Å². The normalized spacial score (nSPS) is 17.7. The molecule has 0 radical (unpaired) electrons. The Bertz CT molecular complexity index is 726. The Kier molecular flexibility index (Phi) is 4.41. The van der Waals surface area contributed by atoms with Crippen molar-refractivity contribution in [2.24, 2.45) is 5.92 Å². The fourth-order valence-corrected chi connectivity index (χ4v) is 3.52. The van der Waals surface area contributed by atoms with Crippen molar-refractivity contribution in [2.75, 3.05) is 6.54 Å². The Balaban J connectivity index is 1.53. The number of rotatable bonds is 4. The number of nitrogens with one attached hydrogen (secondary N) is 1. The van der Waals surface area contributed by atoms with E-state index in [-0.39, 0.29) is 5.92 Å². The van der Waals surface area contributed by atoms with Gasteiger partial charge in [0.2, 0.25) is 0 Å². The summed E-state index contributed by atoms with van der Waals surface area (Å²) in [6, 6.07) is 5.81. The van der Waals surface area contributed by atoms with Crippen LogP contribution in [0.4, 0.5) is 13.2 Å². The standard InChI is InChI=1S/C15H15F3N4S/c16-15(17,18)13-9-22-8-10(1-4-14(22)21-13)6-20-7-12-3-2-11(5-19)23-12/h2-3,9-10,20H,1,4,6-8H2. The molecule has 8 heteroatoms. The molecule has 23 heavy (non-hydrogen) atoms. The van der Waals surface area contributed by atoms with Crippen molar-refractivity contribution in [3.05, 3.63) is 39.6 Å². The molecule has 122 valence electrons. The molecule has 2 aromatic heterocycles. The van der Waals surface area contributed by atoms with E-state index in [4.69, 9.17) is 5.26 Å². The van der Waals surface area contributed by atoms with Crippen LogP contribution in [0, 0.1) is 17.2 Å². The Morgan fingerprint density at radius 2 is 2.26 bits per heavy atom. The van der Waals surface area contributed by atoms with Gasteiger partial charge in [0.15, 0.2) is 5.69 Å². The monoisotopic (exact) mass is 340 g/mol. The second-order valence-corrected chi connectivity index (χ2v) is 6.77. The number of hydrogen-bond donors (Lipinski definition) is 1. The lowest BCUT2D eigenvalue weighted by Crippen LogP contribution is -2.29. The van der Waals surface area contributed by atoms with Gasteiger partial charge in [-0.25, -0.2) is 4.98 Å². The van der Waals surface area contributed by atoms with Gasteiger partial charge >= 0.3 is 6.18 Å². The largest absolute Gasteiger partial charge is 0.434 e. The lowest BCUT2D eigenvalue weighted by atomic mass is 9.99. The van der Waals surface area contributed by atoms with Gasteiger partial charge in [-0.2, -0.15) is 18.4 Å². The fourth-order valence-electron chi connectivity index (χ4n) is 2.75. The van der Waals surface area contributed by atoms with E-state index < -0.39 is 11.9 Å². The summed E-state index contributed by atoms with van der Waals surface area (Å²) < 4.78 is 39.7. The Hall–Kier alpha value is -1.85. The number of imidazole rings is 1. The Morgan fingerprint density at radius 1 is 1.43 bits per heavy atom. The highest BCUT2D eigenvalue weighted by Crippen LogP contribution is 2.30. The summed E-state index contributed by atoms with van der Waals surface area (Å²) in [5.41, 5.74) is -0.802. The van der Waals surface area contributed by atoms with Gasteiger partial charge in [0.1, 0.15) is 16.8 Å². The first-order chi connectivity index (χ1) is 11.0. The number of nitrogens with zero attached hydrogens (tertiary/aromatic N) is 3. The maximum atomic E-state index is 12.7. The fraction of sp³-hybridized carbons (Fsp3) is 0.467. The van der Waals surface area contributed by atoms with Gasteiger partial charge in [0.25, 0.3) is 0 Å². The molecule has 0 aromatic carbocycles. The number of hydrogen-bond acceptors (Lipinski definition) is 4. The Morgan fingerprint density at radius 3 is 2.96 bits per heavy atom. The van der Waals surface area contributed by atoms with Crippen LogP contribution in [0.5, 0.6) is 0 Å². The lowest BCUT2D eigenvalue weighted by Gasteiger charge is -2.23. The third-order valence-corrected chi connectivity index (χ3v) is 4.87. The van der Waals surface area contributed by atoms with E-state index in [1.165, 1.54) is 11.3 Å². The summed E-state index contributed by atoms with van der Waals surface area (Å²) in [5.74, 6) is 0.804. The van der Waals surface area contributed by atoms with Crippen molar-refractivity contribution in [2.45, 2.75) is 32.1 Å². The molecule has 1 N–H and O–H groups in total. The van der Waals surface area contributed by atoms with E-state index in [0.717, 1.165) is 24.0 Å². The van der Waals surface area contributed by atoms with Gasteiger partial charge in [-0.1, -0.05) is 0 Å². The third kappa shape index (κ3) is 3.74. The zero-order valence-corrected chi connectivity index (χ0v) is 13.0. The average Bonchev–Trinajstić information content (AvgIpc) is 3.12. The number of thiophene rings is 1. The molecular formula is C15H15F3N4S. The highest BCUT2D eigenvalue weighted by molar-refractivity contribution is 7.12. The van der Waals surface area contributed by atoms with E-state index in [2.05, 4.69) is 16.4 Å². The van der Waals surface area contributed by atoms with Crippen LogP contribution in [0.2, 0.25) is 0 Å². The van der Waals surface area contributed by atoms with Crippen molar-refractivity contribution in [1.82, 2.24) is 14.9 Å². The highest BCUT2D eigenvalue weighted by Gasteiger charge is 2.35. The molecule has 1 aliphatic rings. The van der Waals surface area contributed by atoms with Crippen molar-refractivity contribution >= 4 is 11.3 Å². The smallest absolute Gasteiger partial charge is 0.334 e. The number of halogens is 3. The first kappa shape index (κ1) is 16.0. The number of alkyl halides is 3. The van der Waals surface area contributed by atoms with Crippen LogP contribution in [0.25, 0.3) is 0 Å². The minimum Gasteiger partial charge on any atom is -0.334 e. The highest BCUT2D eigenvalue weighted by atomic mass is 32.1. The van der Waals surface area contributed by atoms with Gasteiger partial charge in [-0.05, 0) is 24.5 Å². The van der Waals surface area contributed by atoms with Crippen LogP contribution < -0.4 is 5.32 Å². The zero-order chi connectivity index (χ0) is 16.4. The summed E-state index contributed by atoms with van der Waals surface area (Å²) >= 11 is 1.45. The predicted molar refractivity (Wildman–Crippen MR) is 79.8 cm³/mol. The van der Waals surface area contributed by atoms with Gasteiger partial charge in [0, 0.05) is 37.1 Å². The number of fused-ring (bicyclic) bond motifs is 1. The van der Waals surface area contributed by atoms with E-state index in [1.807, 2.05) is 6.07 Å². The minimum atomic E-state index is -4.38. The second-order valence-electron chi connectivity index (χ2n) is 5.61. The topological polar surface area (TPSA) is 53.6 Å². The zero-order valence-electron chi connectivity index (χ0n) is 12.2. The first-order valence-electron chi connectivity index (χ1n) is 7.28. The summed E-state index contributed by atoms with van der Waals surface area (Å²) in [6.45, 7) is 1.96. The van der Waals surface area contributed by atoms with E-state index in [0.29, 0.717) is 30.2 Å². The van der Waals surface area contributed by atoms with Crippen molar-refractivity contribution in [1.29, 1.82) is 5.26 Å². The molecule has 4 nitrogen and oxygen atoms in total. The van der Waals surface area contributed by atoms with E-state index in [9.17, 15) is 13.2 Å². The molecule has 1 atom stereocenters. The maximum absolute atomic E-state index is 12.7. The third-order valence-electron chi connectivity index (χ3n) is 3.88. The summed E-state index contributed by atoms with van der Waals surface area (Å²) in [4.78, 5) is 5.45. The number of nitriles is 1. The molecule has 3 rings (SSSR count). The van der Waals surface area contributed by atoms with Crippen molar-refractivity contribution in [3.63, 3.8) is 0 Å². The van der Waals surface area contributed by atoms with Gasteiger partial charge < -0.3 is 9.88 Å². The van der Waals surface area contributed by atoms with Gasteiger partial charge in [-0.3, -0.25) is 0 Å². The predicted octanol–water partition coefficient (Wildman–Crippen LogP) is 3.19. The van der Waals surface area contributed by atoms with Gasteiger partial charge in [-0.15, -0.1) is 11.3 Å². The quantitative estimate of drug-likeness (QED) is 0.930. The van der Waals surface area contributed by atoms with Crippen LogP contribution in [0.3, 0.4) is 0 Å². The average molecular weight is 340 g/mol. The molecule has 0 bridgehead atoms. The second kappa shape index (κ2) is 6.34. The molecule has 0 saturated carbocycles. The molecule has 1 aliphatic heterocycles. The SMILES string of the molecule is N#Cc1ccc(CNCC2CCc3nc(C(F)(F)F)cn3C2)s1. The first-order valence-corrected chi connectivity index (χ1v) is 8.10. The molecular weight excluding hydrogens is 325 g/mol. The summed E-state index contributed by atoms with van der Waals surface area (Å²) in [6.07, 6.45) is -1.87. The number of aromatic nitrogens is 2. The Labute approximate surface area is 135 Å². The molecule has 0 aliphatic carbocycles. The van der Waals surface area contributed by atoms with Crippen LogP contribution in [-0.2, 0) is 25.7 Å². The lowest BCUT2D eigenvalue weighted by molar-refractivity contribution is -0.141. The molecule has 0 fully saturated rings. The van der Waals surface area contributed by atoms with Crippen LogP contribution in [0.1, 0.15) is 27.7 Å². The van der Waals surface area contributed by atoms with Crippen molar-refractivity contribution < 1.29 is 13.2 Å². The maximum Gasteiger partial charge on any atom is 0.434 e. The van der Waals surface area contributed by atoms with Crippen LogP contribution in [0.15, 0.2) is 18.3 Å². The van der Waals surface area contributed by atoms with Crippen molar-refractivity contribution in [3.8, 4) is 6.07 Å². The van der Waals surface area contributed by atoms with Gasteiger partial charge in [0.05, 0.1) is 0 Å². The summed E-state index contributed by atoms with van der Waals surface area (Å²) in [5, 5.41) is 12.1. The molecule has 1 unspecified atom stereocenters. The molecule has 3 heterocycles. The van der Waals surface area contributed by atoms with Crippen LogP contribution in [-0.4, -0.2) is 16.1 Å².